The van der Waals surface area contributed by atoms with Crippen molar-refractivity contribution in [2.75, 3.05) is 16.0 Å². The highest BCUT2D eigenvalue weighted by Gasteiger charge is 2.10. The van der Waals surface area contributed by atoms with Crippen LogP contribution in [0.2, 0.25) is 10.0 Å². The van der Waals surface area contributed by atoms with Gasteiger partial charge in [0.25, 0.3) is 0 Å². The van der Waals surface area contributed by atoms with Crippen molar-refractivity contribution in [1.82, 2.24) is 20.4 Å². The van der Waals surface area contributed by atoms with E-state index in [4.69, 9.17) is 32.0 Å². The number of nitrogens with one attached hydrogen (secondary N) is 3. The van der Waals surface area contributed by atoms with Gasteiger partial charge in [0.05, 0.1) is 6.54 Å². The van der Waals surface area contributed by atoms with Crippen molar-refractivity contribution in [1.29, 1.82) is 0 Å². The molecule has 0 spiro atoms. The third-order valence-corrected chi connectivity index (χ3v) is 5.16. The standard InChI is InChI=1S/C23H17Cl2N7O2/c24-15-3-9-18(10-4-15)27-22-31-29-20(33-22)13-26-17-7-1-14(2-8-17)21-30-32-23(34-21)28-19-11-5-16(25)6-12-19/h1-12,26H,13H2,(H,27,31)(H,28,32). The molecule has 0 radical (unpaired) electrons. The van der Waals surface area contributed by atoms with Gasteiger partial charge in [-0.05, 0) is 72.8 Å². The molecule has 170 valence electrons. The van der Waals surface area contributed by atoms with E-state index >= 15 is 0 Å². The van der Waals surface area contributed by atoms with E-state index in [2.05, 4.69) is 36.3 Å². The zero-order chi connectivity index (χ0) is 23.3. The second kappa shape index (κ2) is 9.82. The van der Waals surface area contributed by atoms with Gasteiger partial charge in [-0.2, -0.15) is 0 Å². The molecule has 0 aliphatic carbocycles. The average molecular weight is 494 g/mol. The Morgan fingerprint density at radius 2 is 1.12 bits per heavy atom. The van der Waals surface area contributed by atoms with Crippen molar-refractivity contribution in [2.24, 2.45) is 0 Å². The number of aromatic nitrogens is 4. The summed E-state index contributed by atoms with van der Waals surface area (Å²) < 4.78 is 11.3. The van der Waals surface area contributed by atoms with Crippen LogP contribution in [0.4, 0.5) is 29.1 Å². The Morgan fingerprint density at radius 1 is 0.588 bits per heavy atom. The molecular formula is C23H17Cl2N7O2. The summed E-state index contributed by atoms with van der Waals surface area (Å²) >= 11 is 11.8. The molecule has 9 nitrogen and oxygen atoms in total. The molecule has 2 heterocycles. The highest BCUT2D eigenvalue weighted by atomic mass is 35.5. The SMILES string of the molecule is Clc1ccc(Nc2nnc(CNc3ccc(-c4nnc(Nc5ccc(Cl)cc5)o4)cc3)o2)cc1. The third-order valence-electron chi connectivity index (χ3n) is 4.66. The maximum atomic E-state index is 5.90. The Balaban J connectivity index is 1.16. The van der Waals surface area contributed by atoms with E-state index in [1.807, 2.05) is 48.5 Å². The predicted octanol–water partition coefficient (Wildman–Crippen LogP) is 6.53. The van der Waals surface area contributed by atoms with Crippen LogP contribution < -0.4 is 16.0 Å². The highest BCUT2D eigenvalue weighted by molar-refractivity contribution is 6.30. The molecule has 0 aliphatic rings. The first-order chi connectivity index (χ1) is 16.6. The van der Waals surface area contributed by atoms with Crippen molar-refractivity contribution >= 4 is 52.3 Å². The summed E-state index contributed by atoms with van der Waals surface area (Å²) in [7, 11) is 0. The molecule has 11 heteroatoms. The van der Waals surface area contributed by atoms with E-state index in [1.54, 1.807) is 24.3 Å². The van der Waals surface area contributed by atoms with Crippen LogP contribution in [0.5, 0.6) is 0 Å². The van der Waals surface area contributed by atoms with Crippen LogP contribution in [0.1, 0.15) is 5.89 Å². The van der Waals surface area contributed by atoms with Gasteiger partial charge in [-0.1, -0.05) is 33.4 Å². The van der Waals surface area contributed by atoms with E-state index in [0.717, 1.165) is 22.6 Å². The summed E-state index contributed by atoms with van der Waals surface area (Å²) in [5.41, 5.74) is 3.25. The Hall–Kier alpha value is -4.08. The lowest BCUT2D eigenvalue weighted by molar-refractivity contribution is 0.518. The summed E-state index contributed by atoms with van der Waals surface area (Å²) in [6.45, 7) is 0.365. The molecule has 0 amide bonds. The van der Waals surface area contributed by atoms with Gasteiger partial charge < -0.3 is 24.8 Å². The van der Waals surface area contributed by atoms with Crippen LogP contribution in [0.3, 0.4) is 0 Å². The molecule has 0 fully saturated rings. The van der Waals surface area contributed by atoms with Crippen LogP contribution in [0.15, 0.2) is 81.6 Å². The minimum atomic E-state index is 0.291. The zero-order valence-electron chi connectivity index (χ0n) is 17.5. The van der Waals surface area contributed by atoms with Crippen molar-refractivity contribution in [2.45, 2.75) is 6.54 Å². The van der Waals surface area contributed by atoms with Gasteiger partial charge in [-0.15, -0.1) is 10.2 Å². The first-order valence-electron chi connectivity index (χ1n) is 10.2. The lowest BCUT2D eigenvalue weighted by atomic mass is 10.2. The second-order valence-corrected chi connectivity index (χ2v) is 7.98. The van der Waals surface area contributed by atoms with Gasteiger partial charge in [0, 0.05) is 32.7 Å². The van der Waals surface area contributed by atoms with E-state index in [1.165, 1.54) is 0 Å². The van der Waals surface area contributed by atoms with Crippen molar-refractivity contribution in [3.05, 3.63) is 88.7 Å². The molecule has 2 aromatic heterocycles. The summed E-state index contributed by atoms with van der Waals surface area (Å²) in [4.78, 5) is 0. The Kier molecular flexibility index (Phi) is 6.28. The summed E-state index contributed by atoms with van der Waals surface area (Å²) in [5.74, 6) is 0.841. The number of benzene rings is 3. The van der Waals surface area contributed by atoms with E-state index < -0.39 is 0 Å². The molecule has 5 aromatic rings. The summed E-state index contributed by atoms with van der Waals surface area (Å²) in [6, 6.07) is 22.5. The quantitative estimate of drug-likeness (QED) is 0.222. The number of halogens is 2. The van der Waals surface area contributed by atoms with Gasteiger partial charge in [-0.25, -0.2) is 0 Å². The molecule has 0 bridgehead atoms. The molecule has 0 atom stereocenters. The number of hydrogen-bond acceptors (Lipinski definition) is 9. The van der Waals surface area contributed by atoms with Crippen LogP contribution >= 0.6 is 23.2 Å². The molecule has 3 N–H and O–H groups in total. The van der Waals surface area contributed by atoms with Crippen LogP contribution in [0.25, 0.3) is 11.5 Å². The van der Waals surface area contributed by atoms with Crippen molar-refractivity contribution < 1.29 is 8.83 Å². The van der Waals surface area contributed by atoms with Crippen LogP contribution in [-0.2, 0) is 6.54 Å². The Morgan fingerprint density at radius 3 is 1.74 bits per heavy atom. The van der Waals surface area contributed by atoms with Crippen LogP contribution in [0, 0.1) is 0 Å². The average Bonchev–Trinajstić information content (AvgIpc) is 3.51. The fraction of sp³-hybridized carbons (Fsp3) is 0.0435. The first-order valence-corrected chi connectivity index (χ1v) is 10.9. The number of rotatable bonds is 8. The van der Waals surface area contributed by atoms with E-state index in [9.17, 15) is 0 Å². The molecule has 0 aliphatic heterocycles. The smallest absolute Gasteiger partial charge is 0.320 e. The largest absolute Gasteiger partial charge is 0.406 e. The molecule has 34 heavy (non-hydrogen) atoms. The summed E-state index contributed by atoms with van der Waals surface area (Å²) in [6.07, 6.45) is 0. The number of anilines is 5. The van der Waals surface area contributed by atoms with Gasteiger partial charge in [0.2, 0.25) is 11.8 Å². The minimum Gasteiger partial charge on any atom is -0.406 e. The molecular weight excluding hydrogens is 477 g/mol. The molecule has 0 saturated carbocycles. The van der Waals surface area contributed by atoms with Crippen LogP contribution in [-0.4, -0.2) is 20.4 Å². The molecule has 5 rings (SSSR count). The van der Waals surface area contributed by atoms with E-state index in [-0.39, 0.29) is 0 Å². The molecule has 0 saturated heterocycles. The second-order valence-electron chi connectivity index (χ2n) is 7.11. The van der Waals surface area contributed by atoms with Gasteiger partial charge >= 0.3 is 12.0 Å². The van der Waals surface area contributed by atoms with Crippen molar-refractivity contribution in [3.8, 4) is 11.5 Å². The van der Waals surface area contributed by atoms with Gasteiger partial charge in [0.1, 0.15) is 0 Å². The first kappa shape index (κ1) is 21.7. The minimum absolute atomic E-state index is 0.291. The van der Waals surface area contributed by atoms with E-state index in [0.29, 0.717) is 40.4 Å². The maximum Gasteiger partial charge on any atom is 0.320 e. The fourth-order valence-electron chi connectivity index (χ4n) is 2.99. The Bertz CT molecular complexity index is 1370. The lowest BCUT2D eigenvalue weighted by Gasteiger charge is -2.04. The third kappa shape index (κ3) is 5.45. The Labute approximate surface area is 204 Å². The number of nitrogens with zero attached hydrogens (tertiary/aromatic N) is 4. The fourth-order valence-corrected chi connectivity index (χ4v) is 3.24. The summed E-state index contributed by atoms with van der Waals surface area (Å²) in [5, 5.41) is 26.8. The van der Waals surface area contributed by atoms with Gasteiger partial charge in [0.15, 0.2) is 0 Å². The zero-order valence-corrected chi connectivity index (χ0v) is 19.0. The van der Waals surface area contributed by atoms with Crippen molar-refractivity contribution in [3.63, 3.8) is 0 Å². The molecule has 3 aromatic carbocycles. The van der Waals surface area contributed by atoms with Gasteiger partial charge in [-0.3, -0.25) is 0 Å². The monoisotopic (exact) mass is 493 g/mol. The normalized spacial score (nSPS) is 10.8. The topological polar surface area (TPSA) is 114 Å². The molecule has 0 unspecified atom stereocenters. The number of hydrogen-bond donors (Lipinski definition) is 3. The highest BCUT2D eigenvalue weighted by Crippen LogP contribution is 2.24. The lowest BCUT2D eigenvalue weighted by Crippen LogP contribution is -1.99. The predicted molar refractivity (Wildman–Crippen MR) is 131 cm³/mol. The maximum absolute atomic E-state index is 5.90.